The summed E-state index contributed by atoms with van der Waals surface area (Å²) in [6.07, 6.45) is -3.75. The third kappa shape index (κ3) is 13.4. The molecule has 262 valence electrons. The van der Waals surface area contributed by atoms with Crippen LogP contribution in [0.1, 0.15) is 87.5 Å². The van der Waals surface area contributed by atoms with Crippen molar-refractivity contribution in [1.82, 2.24) is 4.90 Å². The van der Waals surface area contributed by atoms with Crippen LogP contribution in [0.2, 0.25) is 10.0 Å². The number of esters is 1. The van der Waals surface area contributed by atoms with Crippen molar-refractivity contribution in [2.45, 2.75) is 96.4 Å². The maximum atomic E-state index is 13.3. The third-order valence-electron chi connectivity index (χ3n) is 7.92. The van der Waals surface area contributed by atoms with Crippen LogP contribution in [0.4, 0.5) is 13.2 Å². The highest BCUT2D eigenvalue weighted by Crippen LogP contribution is 2.31. The lowest BCUT2D eigenvalue weighted by molar-refractivity contribution is -0.178. The van der Waals surface area contributed by atoms with Gasteiger partial charge in [-0.2, -0.15) is 13.2 Å². The summed E-state index contributed by atoms with van der Waals surface area (Å²) in [6, 6.07) is 20.7. The lowest BCUT2D eigenvalue weighted by Crippen LogP contribution is -2.38. The van der Waals surface area contributed by atoms with Crippen LogP contribution in [0.15, 0.2) is 66.7 Å². The molecule has 0 heterocycles. The van der Waals surface area contributed by atoms with Crippen molar-refractivity contribution in [1.29, 1.82) is 0 Å². The number of benzene rings is 3. The molecule has 0 amide bonds. The zero-order chi connectivity index (χ0) is 35.5. The Hall–Kier alpha value is -3.07. The summed E-state index contributed by atoms with van der Waals surface area (Å²) in [7, 11) is 2.08. The van der Waals surface area contributed by atoms with E-state index in [1.54, 1.807) is 32.9 Å². The number of carbonyl (C=O) groups excluding carboxylic acids is 2. The van der Waals surface area contributed by atoms with Gasteiger partial charge >= 0.3 is 12.1 Å². The number of nitrogens with zero attached hydrogens (tertiary/aromatic N) is 1. The van der Waals surface area contributed by atoms with Crippen LogP contribution in [-0.2, 0) is 20.7 Å². The lowest BCUT2D eigenvalue weighted by atomic mass is 9.88. The molecule has 0 N–H and O–H groups in total. The zero-order valence-corrected chi connectivity index (χ0v) is 29.9. The van der Waals surface area contributed by atoms with Crippen molar-refractivity contribution in [3.05, 3.63) is 99.0 Å². The van der Waals surface area contributed by atoms with Crippen LogP contribution in [-0.4, -0.2) is 54.7 Å². The highest BCUT2D eigenvalue weighted by atomic mass is 35.5. The molecule has 5 nitrogen and oxygen atoms in total. The Morgan fingerprint density at radius 2 is 1.50 bits per heavy atom. The smallest absolute Gasteiger partial charge is 0.453 e. The number of unbranched alkanes of at least 4 members (excludes halogenated alkanes) is 2. The third-order valence-corrected chi connectivity index (χ3v) is 8.41. The van der Waals surface area contributed by atoms with Crippen LogP contribution >= 0.6 is 23.2 Å². The van der Waals surface area contributed by atoms with Gasteiger partial charge in [0.1, 0.15) is 11.4 Å². The minimum Gasteiger partial charge on any atom is -0.482 e. The molecule has 48 heavy (non-hydrogen) atoms. The van der Waals surface area contributed by atoms with E-state index in [0.29, 0.717) is 29.3 Å². The van der Waals surface area contributed by atoms with Gasteiger partial charge in [0.15, 0.2) is 6.10 Å². The van der Waals surface area contributed by atoms with Gasteiger partial charge < -0.3 is 14.4 Å². The van der Waals surface area contributed by atoms with Crippen LogP contribution in [0, 0.1) is 6.92 Å². The number of rotatable bonds is 17. The first-order valence-corrected chi connectivity index (χ1v) is 17.1. The van der Waals surface area contributed by atoms with E-state index in [1.165, 1.54) is 5.56 Å². The van der Waals surface area contributed by atoms with E-state index >= 15 is 0 Å². The first kappa shape index (κ1) is 39.4. The second-order valence-electron chi connectivity index (χ2n) is 13.3. The number of halogens is 5. The quantitative estimate of drug-likeness (QED) is 0.103. The van der Waals surface area contributed by atoms with Crippen molar-refractivity contribution in [3.8, 4) is 5.75 Å². The number of hydrogen-bond acceptors (Lipinski definition) is 5. The molecule has 0 spiro atoms. The maximum absolute atomic E-state index is 13.3. The van der Waals surface area contributed by atoms with E-state index in [-0.39, 0.29) is 30.5 Å². The van der Waals surface area contributed by atoms with E-state index in [0.717, 1.165) is 42.6 Å². The maximum Gasteiger partial charge on any atom is 0.453 e. The largest absolute Gasteiger partial charge is 0.482 e. The van der Waals surface area contributed by atoms with Crippen LogP contribution < -0.4 is 4.74 Å². The molecule has 0 aliphatic heterocycles. The molecule has 0 saturated carbocycles. The summed E-state index contributed by atoms with van der Waals surface area (Å²) < 4.78 is 50.8. The molecule has 2 atom stereocenters. The van der Waals surface area contributed by atoms with E-state index < -0.39 is 23.7 Å². The second-order valence-corrected chi connectivity index (χ2v) is 14.1. The van der Waals surface area contributed by atoms with Crippen molar-refractivity contribution in [3.63, 3.8) is 0 Å². The SMILES string of the molecule is Cc1cc(Cl)ccc1C(CN(C)CCCc1ccc(OC(CCCCCC(=O)OC(C)(C)C)C(=O)C(F)(F)F)cc1)c1ccc(Cl)cc1. The summed E-state index contributed by atoms with van der Waals surface area (Å²) in [6.45, 7) is 8.98. The van der Waals surface area contributed by atoms with E-state index in [2.05, 4.69) is 37.1 Å². The molecule has 0 aliphatic rings. The average Bonchev–Trinajstić information content (AvgIpc) is 2.99. The molecule has 10 heteroatoms. The van der Waals surface area contributed by atoms with Crippen LogP contribution in [0.25, 0.3) is 0 Å². The number of hydrogen-bond donors (Lipinski definition) is 0. The molecule has 0 aliphatic carbocycles. The minimum absolute atomic E-state index is 0.104. The first-order chi connectivity index (χ1) is 22.5. The average molecular weight is 709 g/mol. The first-order valence-electron chi connectivity index (χ1n) is 16.3. The fourth-order valence-corrected chi connectivity index (χ4v) is 5.91. The molecule has 0 radical (unpaired) electrons. The van der Waals surface area contributed by atoms with Gasteiger partial charge in [-0.1, -0.05) is 60.0 Å². The number of carbonyl (C=O) groups is 2. The highest BCUT2D eigenvalue weighted by molar-refractivity contribution is 6.30. The minimum atomic E-state index is -5.01. The molecule has 2 unspecified atom stereocenters. The molecular weight excluding hydrogens is 662 g/mol. The lowest BCUT2D eigenvalue weighted by Gasteiger charge is -2.26. The standard InChI is InChI=1S/C38H46Cl2F3NO4/c1-26-24-30(40)19-22-32(26)33(28-15-17-29(39)18-16-28)25-44(5)23-9-10-27-13-20-31(21-14-27)47-34(36(46)38(41,42)43)11-7-6-8-12-35(45)48-37(2,3)4/h13-22,24,33-34H,6-12,23,25H2,1-5H3. The zero-order valence-electron chi connectivity index (χ0n) is 28.3. The predicted octanol–water partition coefficient (Wildman–Crippen LogP) is 10.2. The van der Waals surface area contributed by atoms with Gasteiger partial charge in [0.25, 0.3) is 5.78 Å². The molecule has 3 aromatic carbocycles. The Bertz CT molecular complexity index is 1470. The monoisotopic (exact) mass is 707 g/mol. The van der Waals surface area contributed by atoms with Gasteiger partial charge in [-0.05, 0) is 132 Å². The number of Topliss-reactive ketones (excluding diaryl/α,β-unsaturated/α-hetero) is 1. The Balaban J connectivity index is 1.53. The number of alkyl halides is 3. The fraction of sp³-hybridized carbons (Fsp3) is 0.474. The van der Waals surface area contributed by atoms with E-state index in [9.17, 15) is 22.8 Å². The molecule has 0 saturated heterocycles. The molecule has 0 aromatic heterocycles. The summed E-state index contributed by atoms with van der Waals surface area (Å²) >= 11 is 12.4. The molecule has 0 fully saturated rings. The number of ether oxygens (including phenoxy) is 2. The fourth-order valence-electron chi connectivity index (χ4n) is 5.56. The summed E-state index contributed by atoms with van der Waals surface area (Å²) in [5.41, 5.74) is 3.90. The molecule has 3 rings (SSSR count). The van der Waals surface area contributed by atoms with Gasteiger partial charge in [0.05, 0.1) is 0 Å². The summed E-state index contributed by atoms with van der Waals surface area (Å²) in [5, 5.41) is 1.38. The van der Waals surface area contributed by atoms with Gasteiger partial charge in [0, 0.05) is 28.9 Å². The molecule has 3 aromatic rings. The van der Waals surface area contributed by atoms with Gasteiger partial charge in [-0.15, -0.1) is 0 Å². The number of ketones is 1. The van der Waals surface area contributed by atoms with Crippen molar-refractivity contribution in [2.75, 3.05) is 20.1 Å². The topological polar surface area (TPSA) is 55.8 Å². The Kier molecular flexibility index (Phi) is 14.8. The van der Waals surface area contributed by atoms with Gasteiger partial charge in [0.2, 0.25) is 0 Å². The van der Waals surface area contributed by atoms with Crippen LogP contribution in [0.5, 0.6) is 5.75 Å². The Morgan fingerprint density at radius 1 is 0.854 bits per heavy atom. The highest BCUT2D eigenvalue weighted by Gasteiger charge is 2.44. The Labute approximate surface area is 292 Å². The second kappa shape index (κ2) is 18.1. The summed E-state index contributed by atoms with van der Waals surface area (Å²) in [4.78, 5) is 26.3. The Morgan fingerprint density at radius 3 is 2.10 bits per heavy atom. The summed E-state index contributed by atoms with van der Waals surface area (Å²) in [5.74, 6) is -1.94. The van der Waals surface area contributed by atoms with Crippen molar-refractivity contribution < 1.29 is 32.2 Å². The molecule has 0 bridgehead atoms. The van der Waals surface area contributed by atoms with Crippen molar-refractivity contribution >= 4 is 35.0 Å². The number of likely N-dealkylation sites (N-methyl/N-ethyl adjacent to an activating group) is 1. The van der Waals surface area contributed by atoms with Crippen molar-refractivity contribution in [2.24, 2.45) is 0 Å². The normalized spacial score (nSPS) is 13.3. The van der Waals surface area contributed by atoms with Gasteiger partial charge in [-0.25, -0.2) is 0 Å². The molecular formula is C38H46Cl2F3NO4. The van der Waals surface area contributed by atoms with Crippen LogP contribution in [0.3, 0.4) is 0 Å². The van der Waals surface area contributed by atoms with E-state index in [4.69, 9.17) is 32.7 Å². The predicted molar refractivity (Wildman–Crippen MR) is 186 cm³/mol. The van der Waals surface area contributed by atoms with Gasteiger partial charge in [-0.3, -0.25) is 9.59 Å². The van der Waals surface area contributed by atoms with E-state index in [1.807, 2.05) is 36.4 Å². The number of aryl methyl sites for hydroxylation is 2.